The third-order valence-electron chi connectivity index (χ3n) is 4.16. The quantitative estimate of drug-likeness (QED) is 0.916. The lowest BCUT2D eigenvalue weighted by atomic mass is 10.0. The van der Waals surface area contributed by atoms with Gasteiger partial charge >= 0.3 is 0 Å². The Labute approximate surface area is 141 Å². The average molecular weight is 330 g/mol. The highest BCUT2D eigenvalue weighted by atomic mass is 32.1. The second-order valence-electron chi connectivity index (χ2n) is 5.77. The summed E-state index contributed by atoms with van der Waals surface area (Å²) in [6, 6.07) is 11.9. The highest BCUT2D eigenvalue weighted by Gasteiger charge is 2.23. The first-order chi connectivity index (χ1) is 11.3. The molecular weight excluding hydrogens is 308 g/mol. The fraction of sp³-hybridized carbons (Fsp3) is 0.389. The van der Waals surface area contributed by atoms with Gasteiger partial charge in [0.05, 0.1) is 0 Å². The van der Waals surface area contributed by atoms with Crippen molar-refractivity contribution in [2.24, 2.45) is 0 Å². The summed E-state index contributed by atoms with van der Waals surface area (Å²) in [5.74, 6) is 0.831. The van der Waals surface area contributed by atoms with Crippen molar-refractivity contribution in [3.8, 4) is 5.75 Å². The van der Waals surface area contributed by atoms with E-state index in [-0.39, 0.29) is 5.91 Å². The molecule has 2 aromatic rings. The number of likely N-dealkylation sites (tertiary alicyclic amines) is 1. The smallest absolute Gasteiger partial charge is 0.254 e. The Morgan fingerprint density at radius 3 is 3.09 bits per heavy atom. The summed E-state index contributed by atoms with van der Waals surface area (Å²) >= 11 is 1.67. The van der Waals surface area contributed by atoms with Crippen LogP contribution >= 0.6 is 11.3 Å². The summed E-state index contributed by atoms with van der Waals surface area (Å²) < 4.78 is 5.80. The first-order valence-electron chi connectivity index (χ1n) is 7.98. The lowest BCUT2D eigenvalue weighted by molar-refractivity contribution is 0.0697. The molecule has 1 saturated heterocycles. The van der Waals surface area contributed by atoms with Gasteiger partial charge in [0.25, 0.3) is 5.91 Å². The van der Waals surface area contributed by atoms with Crippen molar-refractivity contribution < 1.29 is 9.53 Å². The zero-order chi connectivity index (χ0) is 16.1. The molecule has 2 heterocycles. The van der Waals surface area contributed by atoms with Gasteiger partial charge in [0.2, 0.25) is 0 Å². The third kappa shape index (κ3) is 4.12. The number of piperidine rings is 1. The Morgan fingerprint density at radius 1 is 1.39 bits per heavy atom. The number of benzene rings is 1. The normalized spacial score (nSPS) is 18.0. The molecule has 1 unspecified atom stereocenters. The summed E-state index contributed by atoms with van der Waals surface area (Å²) in [4.78, 5) is 15.8. The van der Waals surface area contributed by atoms with Crippen molar-refractivity contribution in [2.75, 3.05) is 20.1 Å². The fourth-order valence-corrected chi connectivity index (χ4v) is 3.46. The Balaban J connectivity index is 1.65. The van der Waals surface area contributed by atoms with Crippen LogP contribution < -0.4 is 10.1 Å². The number of ether oxygens (including phenoxy) is 1. The molecule has 0 aliphatic carbocycles. The number of likely N-dealkylation sites (N-methyl/N-ethyl adjacent to an activating group) is 1. The van der Waals surface area contributed by atoms with Gasteiger partial charge in [-0.25, -0.2) is 0 Å². The van der Waals surface area contributed by atoms with Gasteiger partial charge in [-0.15, -0.1) is 11.3 Å². The maximum absolute atomic E-state index is 12.7. The molecule has 122 valence electrons. The van der Waals surface area contributed by atoms with E-state index >= 15 is 0 Å². The SMILES string of the molecule is CNC1CCCN(C(=O)c2cccc(OCc3cccs3)c2)C1. The van der Waals surface area contributed by atoms with E-state index < -0.39 is 0 Å². The lowest BCUT2D eigenvalue weighted by Crippen LogP contribution is -2.46. The van der Waals surface area contributed by atoms with Crippen molar-refractivity contribution >= 4 is 17.2 Å². The maximum atomic E-state index is 12.7. The number of thiophene rings is 1. The molecule has 1 aromatic heterocycles. The highest BCUT2D eigenvalue weighted by Crippen LogP contribution is 2.20. The van der Waals surface area contributed by atoms with Gasteiger partial charge in [0.1, 0.15) is 12.4 Å². The van der Waals surface area contributed by atoms with Gasteiger partial charge < -0.3 is 15.0 Å². The van der Waals surface area contributed by atoms with E-state index in [1.807, 2.05) is 53.7 Å². The minimum Gasteiger partial charge on any atom is -0.488 e. The molecule has 0 saturated carbocycles. The molecule has 3 rings (SSSR count). The number of amides is 1. The van der Waals surface area contributed by atoms with Gasteiger partial charge in [-0.05, 0) is 49.5 Å². The topological polar surface area (TPSA) is 41.6 Å². The fourth-order valence-electron chi connectivity index (χ4n) is 2.85. The number of rotatable bonds is 5. The van der Waals surface area contributed by atoms with Crippen LogP contribution in [0.4, 0.5) is 0 Å². The van der Waals surface area contributed by atoms with Crippen LogP contribution in [0.25, 0.3) is 0 Å². The Kier molecular flexibility index (Phi) is 5.31. The summed E-state index contributed by atoms with van der Waals surface area (Å²) in [5.41, 5.74) is 0.699. The monoisotopic (exact) mass is 330 g/mol. The summed E-state index contributed by atoms with van der Waals surface area (Å²) in [6.07, 6.45) is 2.18. The largest absolute Gasteiger partial charge is 0.488 e. The molecule has 1 fully saturated rings. The molecule has 1 atom stereocenters. The second-order valence-corrected chi connectivity index (χ2v) is 6.81. The van der Waals surface area contributed by atoms with Gasteiger partial charge in [0.15, 0.2) is 0 Å². The lowest BCUT2D eigenvalue weighted by Gasteiger charge is -2.32. The number of nitrogens with one attached hydrogen (secondary N) is 1. The van der Waals surface area contributed by atoms with Crippen molar-refractivity contribution in [2.45, 2.75) is 25.5 Å². The predicted molar refractivity (Wildman–Crippen MR) is 93.1 cm³/mol. The first kappa shape index (κ1) is 16.0. The minimum atomic E-state index is 0.0894. The third-order valence-corrected chi connectivity index (χ3v) is 5.01. The van der Waals surface area contributed by atoms with Crippen LogP contribution in [0, 0.1) is 0 Å². The number of hydrogen-bond acceptors (Lipinski definition) is 4. The van der Waals surface area contributed by atoms with Gasteiger partial charge in [-0.3, -0.25) is 4.79 Å². The maximum Gasteiger partial charge on any atom is 0.254 e. The standard InChI is InChI=1S/C18H22N2O2S/c1-19-15-6-3-9-20(12-15)18(21)14-5-2-7-16(11-14)22-13-17-8-4-10-23-17/h2,4-5,7-8,10-11,15,19H,3,6,9,12-13H2,1H3. The molecule has 1 aliphatic rings. The van der Waals surface area contributed by atoms with E-state index in [9.17, 15) is 4.79 Å². The molecule has 0 spiro atoms. The number of carbonyl (C=O) groups is 1. The van der Waals surface area contributed by atoms with Crippen LogP contribution in [-0.4, -0.2) is 37.0 Å². The molecule has 1 N–H and O–H groups in total. The predicted octanol–water partition coefficient (Wildman–Crippen LogP) is 3.15. The molecule has 4 nitrogen and oxygen atoms in total. The minimum absolute atomic E-state index is 0.0894. The Bertz CT molecular complexity index is 642. The van der Waals surface area contributed by atoms with Crippen LogP contribution in [0.5, 0.6) is 5.75 Å². The molecular formula is C18H22N2O2S. The van der Waals surface area contributed by atoms with Crippen LogP contribution in [0.15, 0.2) is 41.8 Å². The van der Waals surface area contributed by atoms with Crippen LogP contribution in [0.3, 0.4) is 0 Å². The van der Waals surface area contributed by atoms with Crippen molar-refractivity contribution in [1.82, 2.24) is 10.2 Å². The first-order valence-corrected chi connectivity index (χ1v) is 8.86. The number of hydrogen-bond donors (Lipinski definition) is 1. The summed E-state index contributed by atoms with van der Waals surface area (Å²) in [7, 11) is 1.96. The van der Waals surface area contributed by atoms with E-state index in [0.717, 1.165) is 31.7 Å². The van der Waals surface area contributed by atoms with E-state index in [1.165, 1.54) is 4.88 Å². The average Bonchev–Trinajstić information content (AvgIpc) is 3.13. The van der Waals surface area contributed by atoms with Gasteiger partial charge in [-0.2, -0.15) is 0 Å². The number of nitrogens with zero attached hydrogens (tertiary/aromatic N) is 1. The molecule has 1 aromatic carbocycles. The molecule has 1 aliphatic heterocycles. The highest BCUT2D eigenvalue weighted by molar-refractivity contribution is 7.09. The van der Waals surface area contributed by atoms with E-state index in [0.29, 0.717) is 18.2 Å². The molecule has 23 heavy (non-hydrogen) atoms. The Hall–Kier alpha value is -1.85. The zero-order valence-electron chi connectivity index (χ0n) is 13.3. The van der Waals surface area contributed by atoms with Crippen LogP contribution in [-0.2, 0) is 6.61 Å². The molecule has 5 heteroatoms. The summed E-state index contributed by atoms with van der Waals surface area (Å²) in [5, 5.41) is 5.30. The van der Waals surface area contributed by atoms with Gasteiger partial charge in [-0.1, -0.05) is 12.1 Å². The van der Waals surface area contributed by atoms with Crippen LogP contribution in [0.2, 0.25) is 0 Å². The molecule has 0 radical (unpaired) electrons. The van der Waals surface area contributed by atoms with E-state index in [1.54, 1.807) is 11.3 Å². The summed E-state index contributed by atoms with van der Waals surface area (Å²) in [6.45, 7) is 2.15. The van der Waals surface area contributed by atoms with Crippen molar-refractivity contribution in [3.63, 3.8) is 0 Å². The van der Waals surface area contributed by atoms with Crippen molar-refractivity contribution in [1.29, 1.82) is 0 Å². The van der Waals surface area contributed by atoms with Crippen LogP contribution in [0.1, 0.15) is 28.1 Å². The van der Waals surface area contributed by atoms with Crippen molar-refractivity contribution in [3.05, 3.63) is 52.2 Å². The van der Waals surface area contributed by atoms with E-state index in [2.05, 4.69) is 5.32 Å². The zero-order valence-corrected chi connectivity index (χ0v) is 14.1. The number of carbonyl (C=O) groups excluding carboxylic acids is 1. The Morgan fingerprint density at radius 2 is 2.30 bits per heavy atom. The second kappa shape index (κ2) is 7.62. The van der Waals surface area contributed by atoms with E-state index in [4.69, 9.17) is 4.74 Å². The molecule has 1 amide bonds. The van der Waals surface area contributed by atoms with Gasteiger partial charge in [0, 0.05) is 29.6 Å². The molecule has 0 bridgehead atoms.